The normalized spacial score (nSPS) is 11.8. The molecule has 3 rings (SSSR count). The molecule has 0 unspecified atom stereocenters. The molecule has 25 heavy (non-hydrogen) atoms. The number of nitrogens with one attached hydrogen (secondary N) is 1. The molecule has 6 heteroatoms. The van der Waals surface area contributed by atoms with Crippen molar-refractivity contribution < 1.29 is 4.74 Å². The number of hydrogen-bond acceptors (Lipinski definition) is 3. The fourth-order valence-corrected chi connectivity index (χ4v) is 2.74. The number of fused-ring (bicyclic) bond motifs is 1. The summed E-state index contributed by atoms with van der Waals surface area (Å²) in [4.78, 5) is 26.3. The average molecular weight is 357 g/mol. The first kappa shape index (κ1) is 17.2. The van der Waals surface area contributed by atoms with Crippen LogP contribution in [0.25, 0.3) is 17.0 Å². The van der Waals surface area contributed by atoms with Crippen molar-refractivity contribution in [2.24, 2.45) is 0 Å². The number of hydrogen-bond donors (Lipinski definition) is 1. The van der Waals surface area contributed by atoms with E-state index in [2.05, 4.69) is 4.98 Å². The van der Waals surface area contributed by atoms with Gasteiger partial charge in [0.25, 0.3) is 5.56 Å². The highest BCUT2D eigenvalue weighted by atomic mass is 35.5. The van der Waals surface area contributed by atoms with Crippen LogP contribution in [0.2, 0.25) is 5.02 Å². The van der Waals surface area contributed by atoms with Crippen molar-refractivity contribution in [1.82, 2.24) is 9.55 Å². The smallest absolute Gasteiger partial charge is 0.330 e. The molecule has 128 valence electrons. The molecule has 0 bridgehead atoms. The van der Waals surface area contributed by atoms with E-state index < -0.39 is 11.2 Å². The van der Waals surface area contributed by atoms with Crippen molar-refractivity contribution in [2.45, 2.75) is 13.7 Å². The molecule has 0 aliphatic rings. The maximum Gasteiger partial charge on any atom is 0.330 e. The highest BCUT2D eigenvalue weighted by Crippen LogP contribution is 2.15. The topological polar surface area (TPSA) is 64.1 Å². The molecule has 1 N–H and O–H groups in total. The second-order valence-corrected chi connectivity index (χ2v) is 6.16. The van der Waals surface area contributed by atoms with E-state index >= 15 is 0 Å². The van der Waals surface area contributed by atoms with Gasteiger partial charge < -0.3 is 4.74 Å². The Morgan fingerprint density at radius 1 is 1.20 bits per heavy atom. The third kappa shape index (κ3) is 4.07. The van der Waals surface area contributed by atoms with Crippen LogP contribution in [-0.2, 0) is 11.5 Å². The standard InChI is InChI=1S/C19H17ClN2O3/c1-13(9-14-5-3-2-4-6-14)11-25-12-22-17-8-7-15(20)10-16(17)18(23)21-19(22)24/h2-10H,11-12H2,1H3,(H,21,23,24)/b13-9+. The number of benzene rings is 2. The van der Waals surface area contributed by atoms with E-state index in [-0.39, 0.29) is 6.73 Å². The van der Waals surface area contributed by atoms with Crippen LogP contribution in [0.15, 0.2) is 63.7 Å². The van der Waals surface area contributed by atoms with Crippen molar-refractivity contribution in [3.8, 4) is 0 Å². The van der Waals surface area contributed by atoms with Crippen LogP contribution < -0.4 is 11.2 Å². The molecule has 0 saturated heterocycles. The Morgan fingerprint density at radius 2 is 1.96 bits per heavy atom. The largest absolute Gasteiger partial charge is 0.356 e. The van der Waals surface area contributed by atoms with Crippen LogP contribution in [-0.4, -0.2) is 16.2 Å². The molecule has 2 aromatic carbocycles. The number of H-pyrrole nitrogens is 1. The third-order valence-electron chi connectivity index (χ3n) is 3.72. The molecule has 1 heterocycles. The number of nitrogens with zero attached hydrogens (tertiary/aromatic N) is 1. The first-order valence-electron chi connectivity index (χ1n) is 7.77. The van der Waals surface area contributed by atoms with Gasteiger partial charge in [0, 0.05) is 5.02 Å². The highest BCUT2D eigenvalue weighted by molar-refractivity contribution is 6.31. The van der Waals surface area contributed by atoms with Gasteiger partial charge in [-0.1, -0.05) is 48.0 Å². The summed E-state index contributed by atoms with van der Waals surface area (Å²) >= 11 is 5.93. The van der Waals surface area contributed by atoms with Crippen molar-refractivity contribution >= 4 is 28.6 Å². The molecule has 0 aliphatic carbocycles. The summed E-state index contributed by atoms with van der Waals surface area (Å²) in [7, 11) is 0. The van der Waals surface area contributed by atoms with Crippen molar-refractivity contribution in [2.75, 3.05) is 6.61 Å². The van der Waals surface area contributed by atoms with Gasteiger partial charge in [0.1, 0.15) is 6.73 Å². The highest BCUT2D eigenvalue weighted by Gasteiger charge is 2.08. The van der Waals surface area contributed by atoms with Crippen molar-refractivity contribution in [1.29, 1.82) is 0 Å². The van der Waals surface area contributed by atoms with E-state index in [0.29, 0.717) is 22.5 Å². The van der Waals surface area contributed by atoms with Gasteiger partial charge in [0.15, 0.2) is 0 Å². The minimum Gasteiger partial charge on any atom is -0.356 e. The summed E-state index contributed by atoms with van der Waals surface area (Å²) in [6.45, 7) is 2.36. The van der Waals surface area contributed by atoms with E-state index in [1.54, 1.807) is 12.1 Å². The summed E-state index contributed by atoms with van der Waals surface area (Å²) in [5.74, 6) is 0. The summed E-state index contributed by atoms with van der Waals surface area (Å²) in [6, 6.07) is 14.7. The van der Waals surface area contributed by atoms with E-state index in [4.69, 9.17) is 16.3 Å². The Balaban J connectivity index is 1.79. The van der Waals surface area contributed by atoms with E-state index in [1.807, 2.05) is 43.3 Å². The molecule has 0 radical (unpaired) electrons. The van der Waals surface area contributed by atoms with Gasteiger partial charge in [-0.25, -0.2) is 4.79 Å². The quantitative estimate of drug-likeness (QED) is 0.761. The number of aromatic nitrogens is 2. The number of ether oxygens (including phenoxy) is 1. The van der Waals surface area contributed by atoms with Crippen molar-refractivity contribution in [3.63, 3.8) is 0 Å². The summed E-state index contributed by atoms with van der Waals surface area (Å²) in [5.41, 5.74) is 1.63. The van der Waals surface area contributed by atoms with E-state index in [0.717, 1.165) is 11.1 Å². The summed E-state index contributed by atoms with van der Waals surface area (Å²) < 4.78 is 7.03. The molecule has 0 aliphatic heterocycles. The van der Waals surface area contributed by atoms with Crippen LogP contribution in [0.5, 0.6) is 0 Å². The van der Waals surface area contributed by atoms with Crippen LogP contribution >= 0.6 is 11.6 Å². The van der Waals surface area contributed by atoms with Gasteiger partial charge in [0.05, 0.1) is 17.5 Å². The van der Waals surface area contributed by atoms with E-state index in [1.165, 1.54) is 10.6 Å². The number of halogens is 1. The molecule has 0 amide bonds. The minimum atomic E-state index is -0.510. The zero-order valence-corrected chi connectivity index (χ0v) is 14.4. The Hall–Kier alpha value is -2.63. The first-order valence-corrected chi connectivity index (χ1v) is 8.15. The zero-order chi connectivity index (χ0) is 17.8. The molecule has 5 nitrogen and oxygen atoms in total. The molecule has 0 fully saturated rings. The van der Waals surface area contributed by atoms with Crippen molar-refractivity contribution in [3.05, 3.63) is 85.5 Å². The Bertz CT molecular complexity index is 1040. The predicted octanol–water partition coefficient (Wildman–Crippen LogP) is 3.42. The fraction of sp³-hybridized carbons (Fsp3) is 0.158. The second kappa shape index (κ2) is 7.51. The third-order valence-corrected chi connectivity index (χ3v) is 3.96. The summed E-state index contributed by atoms with van der Waals surface area (Å²) in [5, 5.41) is 0.790. The Morgan fingerprint density at radius 3 is 2.72 bits per heavy atom. The van der Waals surface area contributed by atoms with Crippen LogP contribution in [0, 0.1) is 0 Å². The average Bonchev–Trinajstić information content (AvgIpc) is 2.59. The van der Waals surface area contributed by atoms with Gasteiger partial charge in [-0.2, -0.15) is 0 Å². The molecule has 0 atom stereocenters. The Kier molecular flexibility index (Phi) is 5.16. The van der Waals surface area contributed by atoms with Gasteiger partial charge in [-0.3, -0.25) is 14.3 Å². The molecular weight excluding hydrogens is 340 g/mol. The summed E-state index contributed by atoms with van der Waals surface area (Å²) in [6.07, 6.45) is 2.02. The SMILES string of the molecule is C/C(=C\c1ccccc1)COCn1c(=O)[nH]c(=O)c2cc(Cl)ccc21. The Labute approximate surface area is 149 Å². The fourth-order valence-electron chi connectivity index (χ4n) is 2.57. The lowest BCUT2D eigenvalue weighted by Crippen LogP contribution is -2.31. The predicted molar refractivity (Wildman–Crippen MR) is 99.9 cm³/mol. The van der Waals surface area contributed by atoms with Gasteiger partial charge in [0.2, 0.25) is 0 Å². The van der Waals surface area contributed by atoms with Gasteiger partial charge >= 0.3 is 5.69 Å². The maximum absolute atomic E-state index is 12.1. The number of aromatic amines is 1. The monoisotopic (exact) mass is 356 g/mol. The lowest BCUT2D eigenvalue weighted by atomic mass is 10.1. The minimum absolute atomic E-state index is 0.0354. The number of rotatable bonds is 5. The maximum atomic E-state index is 12.1. The second-order valence-electron chi connectivity index (χ2n) is 5.73. The molecule has 3 aromatic rings. The lowest BCUT2D eigenvalue weighted by Gasteiger charge is -2.10. The van der Waals surface area contributed by atoms with E-state index in [9.17, 15) is 9.59 Å². The van der Waals surface area contributed by atoms with Crippen LogP contribution in [0.4, 0.5) is 0 Å². The zero-order valence-electron chi connectivity index (χ0n) is 13.7. The molecule has 0 saturated carbocycles. The van der Waals surface area contributed by atoms with Crippen LogP contribution in [0.3, 0.4) is 0 Å². The molecular formula is C19H17ClN2O3. The van der Waals surface area contributed by atoms with Crippen LogP contribution in [0.1, 0.15) is 12.5 Å². The molecule has 1 aromatic heterocycles. The first-order chi connectivity index (χ1) is 12.0. The lowest BCUT2D eigenvalue weighted by molar-refractivity contribution is 0.0952. The van der Waals surface area contributed by atoms with Gasteiger partial charge in [-0.15, -0.1) is 0 Å². The van der Waals surface area contributed by atoms with Gasteiger partial charge in [-0.05, 0) is 36.3 Å². The molecule has 0 spiro atoms.